The number of ether oxygens (including phenoxy) is 1. The number of nitrogens with two attached hydrogens (primary N) is 1. The summed E-state index contributed by atoms with van der Waals surface area (Å²) in [6.45, 7) is 9.13. The number of aryl methyl sites for hydroxylation is 2. The van der Waals surface area contributed by atoms with E-state index in [1.54, 1.807) is 0 Å². The van der Waals surface area contributed by atoms with Gasteiger partial charge in [0.05, 0.1) is 13.2 Å². The molecule has 1 saturated heterocycles. The van der Waals surface area contributed by atoms with Crippen LogP contribution in [0.1, 0.15) is 29.2 Å². The quantitative estimate of drug-likeness (QED) is 0.886. The van der Waals surface area contributed by atoms with Gasteiger partial charge in [0.25, 0.3) is 0 Å². The van der Waals surface area contributed by atoms with Gasteiger partial charge >= 0.3 is 0 Å². The van der Waals surface area contributed by atoms with Crippen molar-refractivity contribution in [1.29, 1.82) is 0 Å². The van der Waals surface area contributed by atoms with Crippen molar-refractivity contribution >= 4 is 0 Å². The Morgan fingerprint density at radius 1 is 1.28 bits per heavy atom. The van der Waals surface area contributed by atoms with Crippen LogP contribution in [0.3, 0.4) is 0 Å². The lowest BCUT2D eigenvalue weighted by molar-refractivity contribution is 0.0366. The highest BCUT2D eigenvalue weighted by Crippen LogP contribution is 2.20. The summed E-state index contributed by atoms with van der Waals surface area (Å²) in [7, 11) is 0. The number of hydrogen-bond donors (Lipinski definition) is 1. The fourth-order valence-corrected chi connectivity index (χ4v) is 2.46. The topological polar surface area (TPSA) is 38.5 Å². The van der Waals surface area contributed by atoms with E-state index >= 15 is 0 Å². The van der Waals surface area contributed by atoms with E-state index in [1.807, 2.05) is 0 Å². The lowest BCUT2D eigenvalue weighted by atomic mass is 9.97. The van der Waals surface area contributed by atoms with Crippen molar-refractivity contribution in [1.82, 2.24) is 4.90 Å². The van der Waals surface area contributed by atoms with Gasteiger partial charge in [0.15, 0.2) is 0 Å². The number of morpholine rings is 1. The van der Waals surface area contributed by atoms with Crippen LogP contribution in [-0.2, 0) is 4.74 Å². The molecule has 1 aromatic carbocycles. The molecule has 3 nitrogen and oxygen atoms in total. The first-order valence-corrected chi connectivity index (χ1v) is 6.79. The van der Waals surface area contributed by atoms with Crippen LogP contribution in [0.4, 0.5) is 0 Å². The fraction of sp³-hybridized carbons (Fsp3) is 0.600. The van der Waals surface area contributed by atoms with Crippen molar-refractivity contribution in [3.05, 3.63) is 34.9 Å². The molecule has 1 unspecified atom stereocenters. The lowest BCUT2D eigenvalue weighted by Crippen LogP contribution is -2.37. The average molecular weight is 248 g/mol. The summed E-state index contributed by atoms with van der Waals surface area (Å²) in [5.74, 6) is 0. The number of benzene rings is 1. The zero-order chi connectivity index (χ0) is 13.0. The van der Waals surface area contributed by atoms with E-state index < -0.39 is 0 Å². The number of hydrogen-bond acceptors (Lipinski definition) is 3. The van der Waals surface area contributed by atoms with E-state index in [2.05, 4.69) is 36.9 Å². The van der Waals surface area contributed by atoms with Crippen LogP contribution < -0.4 is 5.73 Å². The Morgan fingerprint density at radius 3 is 2.72 bits per heavy atom. The van der Waals surface area contributed by atoms with Gasteiger partial charge in [0.1, 0.15) is 0 Å². The maximum Gasteiger partial charge on any atom is 0.0594 e. The van der Waals surface area contributed by atoms with E-state index in [4.69, 9.17) is 10.5 Å². The first-order chi connectivity index (χ1) is 8.66. The highest BCUT2D eigenvalue weighted by Gasteiger charge is 2.14. The smallest absolute Gasteiger partial charge is 0.0594 e. The maximum absolute atomic E-state index is 6.32. The van der Waals surface area contributed by atoms with E-state index in [0.717, 1.165) is 39.3 Å². The Balaban J connectivity index is 1.90. The molecule has 100 valence electrons. The van der Waals surface area contributed by atoms with Crippen molar-refractivity contribution in [2.75, 3.05) is 32.8 Å². The summed E-state index contributed by atoms with van der Waals surface area (Å²) in [4.78, 5) is 2.44. The molecule has 1 aliphatic rings. The molecule has 0 radical (unpaired) electrons. The standard InChI is InChI=1S/C15H24N2O/c1-12-3-4-13(2)14(11-12)15(16)5-6-17-7-9-18-10-8-17/h3-4,11,15H,5-10,16H2,1-2H3. The molecule has 2 rings (SSSR count). The largest absolute Gasteiger partial charge is 0.379 e. The van der Waals surface area contributed by atoms with Gasteiger partial charge < -0.3 is 10.5 Å². The molecule has 0 aliphatic carbocycles. The molecule has 0 aromatic heterocycles. The van der Waals surface area contributed by atoms with Crippen molar-refractivity contribution in [2.24, 2.45) is 5.73 Å². The molecule has 0 bridgehead atoms. The number of rotatable bonds is 4. The second-order valence-electron chi connectivity index (χ2n) is 5.21. The molecule has 1 fully saturated rings. The van der Waals surface area contributed by atoms with E-state index in [9.17, 15) is 0 Å². The second-order valence-corrected chi connectivity index (χ2v) is 5.21. The third kappa shape index (κ3) is 3.55. The van der Waals surface area contributed by atoms with Gasteiger partial charge in [-0.05, 0) is 31.4 Å². The molecule has 1 heterocycles. The van der Waals surface area contributed by atoms with Crippen molar-refractivity contribution in [3.63, 3.8) is 0 Å². The minimum atomic E-state index is 0.146. The predicted octanol–water partition coefficient (Wildman–Crippen LogP) is 2.03. The minimum Gasteiger partial charge on any atom is -0.379 e. The average Bonchev–Trinajstić information content (AvgIpc) is 2.40. The summed E-state index contributed by atoms with van der Waals surface area (Å²) >= 11 is 0. The fourth-order valence-electron chi connectivity index (χ4n) is 2.46. The Kier molecular flexibility index (Phi) is 4.75. The maximum atomic E-state index is 6.32. The molecule has 1 aliphatic heterocycles. The van der Waals surface area contributed by atoms with Gasteiger partial charge in [-0.1, -0.05) is 23.8 Å². The summed E-state index contributed by atoms with van der Waals surface area (Å²) in [6.07, 6.45) is 1.02. The molecule has 3 heteroatoms. The molecule has 1 aromatic rings. The Bertz CT molecular complexity index is 386. The van der Waals surface area contributed by atoms with Crippen LogP contribution in [0.15, 0.2) is 18.2 Å². The summed E-state index contributed by atoms with van der Waals surface area (Å²) < 4.78 is 5.35. The third-order valence-corrected chi connectivity index (χ3v) is 3.69. The predicted molar refractivity (Wildman–Crippen MR) is 74.7 cm³/mol. The minimum absolute atomic E-state index is 0.146. The number of nitrogens with zero attached hydrogens (tertiary/aromatic N) is 1. The van der Waals surface area contributed by atoms with E-state index in [0.29, 0.717) is 0 Å². The van der Waals surface area contributed by atoms with E-state index in [1.165, 1.54) is 16.7 Å². The highest BCUT2D eigenvalue weighted by atomic mass is 16.5. The van der Waals surface area contributed by atoms with Gasteiger partial charge in [0.2, 0.25) is 0 Å². The van der Waals surface area contributed by atoms with Crippen LogP contribution in [0.5, 0.6) is 0 Å². The van der Waals surface area contributed by atoms with E-state index in [-0.39, 0.29) is 6.04 Å². The SMILES string of the molecule is Cc1ccc(C)c(C(N)CCN2CCOCC2)c1. The van der Waals surface area contributed by atoms with Crippen LogP contribution in [0, 0.1) is 13.8 Å². The third-order valence-electron chi connectivity index (χ3n) is 3.69. The van der Waals surface area contributed by atoms with Gasteiger partial charge in [0, 0.05) is 25.7 Å². The molecular formula is C15H24N2O. The summed E-state index contributed by atoms with van der Waals surface area (Å²) in [5, 5.41) is 0. The van der Waals surface area contributed by atoms with Crippen LogP contribution in [0.2, 0.25) is 0 Å². The summed E-state index contributed by atoms with van der Waals surface area (Å²) in [5.41, 5.74) is 10.2. The van der Waals surface area contributed by atoms with Gasteiger partial charge in [-0.2, -0.15) is 0 Å². The first kappa shape index (κ1) is 13.5. The normalized spacial score (nSPS) is 18.8. The first-order valence-electron chi connectivity index (χ1n) is 6.79. The molecule has 18 heavy (non-hydrogen) atoms. The zero-order valence-electron chi connectivity index (χ0n) is 11.5. The van der Waals surface area contributed by atoms with Crippen LogP contribution >= 0.6 is 0 Å². The molecule has 1 atom stereocenters. The highest BCUT2D eigenvalue weighted by molar-refractivity contribution is 5.32. The van der Waals surface area contributed by atoms with Crippen LogP contribution in [0.25, 0.3) is 0 Å². The molecule has 2 N–H and O–H groups in total. The molecule has 0 amide bonds. The van der Waals surface area contributed by atoms with Crippen molar-refractivity contribution in [2.45, 2.75) is 26.3 Å². The molecular weight excluding hydrogens is 224 g/mol. The zero-order valence-corrected chi connectivity index (χ0v) is 11.5. The molecule has 0 spiro atoms. The van der Waals surface area contributed by atoms with Crippen molar-refractivity contribution < 1.29 is 4.74 Å². The second kappa shape index (κ2) is 6.32. The molecule has 0 saturated carbocycles. The summed E-state index contributed by atoms with van der Waals surface area (Å²) in [6, 6.07) is 6.68. The van der Waals surface area contributed by atoms with Crippen LogP contribution in [-0.4, -0.2) is 37.7 Å². The van der Waals surface area contributed by atoms with Crippen molar-refractivity contribution in [3.8, 4) is 0 Å². The van der Waals surface area contributed by atoms with Gasteiger partial charge in [-0.15, -0.1) is 0 Å². The monoisotopic (exact) mass is 248 g/mol. The van der Waals surface area contributed by atoms with Gasteiger partial charge in [-0.3, -0.25) is 4.90 Å². The Labute approximate surface area is 110 Å². The van der Waals surface area contributed by atoms with Gasteiger partial charge in [-0.25, -0.2) is 0 Å². The Hall–Kier alpha value is -0.900. The Morgan fingerprint density at radius 2 is 2.00 bits per heavy atom. The lowest BCUT2D eigenvalue weighted by Gasteiger charge is -2.28.